The van der Waals surface area contributed by atoms with Crippen LogP contribution in [0.4, 0.5) is 4.79 Å². The Labute approximate surface area is 177 Å². The number of H-pyrrole nitrogens is 1. The Hall–Kier alpha value is -3.32. The van der Waals surface area contributed by atoms with Gasteiger partial charge in [-0.25, -0.2) is 9.59 Å². The van der Waals surface area contributed by atoms with E-state index in [1.807, 2.05) is 30.3 Å². The van der Waals surface area contributed by atoms with E-state index < -0.39 is 17.3 Å². The Bertz CT molecular complexity index is 1170. The number of amides is 1. The van der Waals surface area contributed by atoms with Gasteiger partial charge < -0.3 is 14.6 Å². The molecule has 0 saturated heterocycles. The predicted octanol–water partition coefficient (Wildman–Crippen LogP) is 2.93. The van der Waals surface area contributed by atoms with E-state index in [0.717, 1.165) is 15.7 Å². The molecule has 1 aromatic heterocycles. The number of carbonyl (C=O) groups excluding carboxylic acids is 1. The molecular formula is C22H20ClN3O4. The van der Waals surface area contributed by atoms with E-state index in [1.165, 1.54) is 4.90 Å². The van der Waals surface area contributed by atoms with Crippen molar-refractivity contribution < 1.29 is 9.53 Å². The average molecular weight is 426 g/mol. The number of carbonyl (C=O) groups is 1. The molecule has 0 spiro atoms. The molecule has 2 heterocycles. The number of rotatable bonds is 4. The number of aromatic amines is 1. The minimum absolute atomic E-state index is 0.0964. The lowest BCUT2D eigenvalue weighted by molar-refractivity contribution is 0.0912. The molecule has 30 heavy (non-hydrogen) atoms. The van der Waals surface area contributed by atoms with Gasteiger partial charge in [-0.05, 0) is 23.3 Å². The van der Waals surface area contributed by atoms with E-state index in [9.17, 15) is 14.4 Å². The van der Waals surface area contributed by atoms with Gasteiger partial charge in [-0.3, -0.25) is 9.36 Å². The molecular weight excluding hydrogens is 406 g/mol. The van der Waals surface area contributed by atoms with E-state index in [4.69, 9.17) is 16.3 Å². The summed E-state index contributed by atoms with van der Waals surface area (Å²) in [6, 6.07) is 16.3. The lowest BCUT2D eigenvalue weighted by Gasteiger charge is -2.27. The van der Waals surface area contributed by atoms with Crippen LogP contribution in [0.15, 0.2) is 64.2 Å². The second-order valence-corrected chi connectivity index (χ2v) is 7.55. The minimum Gasteiger partial charge on any atom is -0.445 e. The third kappa shape index (κ3) is 4.31. The Balaban J connectivity index is 1.52. The summed E-state index contributed by atoms with van der Waals surface area (Å²) in [4.78, 5) is 42.2. The van der Waals surface area contributed by atoms with E-state index in [2.05, 4.69) is 4.98 Å². The highest BCUT2D eigenvalue weighted by Crippen LogP contribution is 2.15. The second-order valence-electron chi connectivity index (χ2n) is 7.12. The Kier molecular flexibility index (Phi) is 5.72. The van der Waals surface area contributed by atoms with Crippen LogP contribution < -0.4 is 11.2 Å². The van der Waals surface area contributed by atoms with Crippen LogP contribution >= 0.6 is 11.6 Å². The summed E-state index contributed by atoms with van der Waals surface area (Å²) in [6.07, 6.45) is -0.0958. The van der Waals surface area contributed by atoms with Gasteiger partial charge in [0, 0.05) is 23.7 Å². The molecule has 0 unspecified atom stereocenters. The summed E-state index contributed by atoms with van der Waals surface area (Å²) in [6.45, 7) is 0.753. The number of halogens is 1. The molecule has 0 atom stereocenters. The van der Waals surface area contributed by atoms with E-state index in [0.29, 0.717) is 29.2 Å². The van der Waals surface area contributed by atoms with Crippen LogP contribution in [0.1, 0.15) is 22.4 Å². The molecule has 0 radical (unpaired) electrons. The average Bonchev–Trinajstić information content (AvgIpc) is 2.77. The van der Waals surface area contributed by atoms with Crippen LogP contribution in [0.5, 0.6) is 0 Å². The first-order valence-electron chi connectivity index (χ1n) is 9.56. The molecule has 0 bridgehead atoms. The second kappa shape index (κ2) is 8.59. The summed E-state index contributed by atoms with van der Waals surface area (Å²) >= 11 is 5.90. The molecule has 154 valence electrons. The number of benzene rings is 2. The fraction of sp³-hybridized carbons (Fsp3) is 0.227. The first-order valence-corrected chi connectivity index (χ1v) is 9.94. The van der Waals surface area contributed by atoms with Gasteiger partial charge in [-0.2, -0.15) is 0 Å². The Morgan fingerprint density at radius 3 is 2.50 bits per heavy atom. The van der Waals surface area contributed by atoms with Crippen LogP contribution in [-0.4, -0.2) is 27.1 Å². The lowest BCUT2D eigenvalue weighted by atomic mass is 10.1. The highest BCUT2D eigenvalue weighted by Gasteiger charge is 2.26. The van der Waals surface area contributed by atoms with Crippen molar-refractivity contribution in [2.75, 3.05) is 6.54 Å². The van der Waals surface area contributed by atoms with Gasteiger partial charge in [0.1, 0.15) is 6.61 Å². The van der Waals surface area contributed by atoms with Crippen molar-refractivity contribution in [1.82, 2.24) is 14.5 Å². The monoisotopic (exact) mass is 425 g/mol. The van der Waals surface area contributed by atoms with Crippen molar-refractivity contribution in [3.8, 4) is 0 Å². The predicted molar refractivity (Wildman–Crippen MR) is 113 cm³/mol. The third-order valence-corrected chi connectivity index (χ3v) is 5.32. The minimum atomic E-state index is -0.487. The summed E-state index contributed by atoms with van der Waals surface area (Å²) in [5.41, 5.74) is 1.79. The highest BCUT2D eigenvalue weighted by molar-refractivity contribution is 6.30. The van der Waals surface area contributed by atoms with Gasteiger partial charge >= 0.3 is 11.8 Å². The van der Waals surface area contributed by atoms with Gasteiger partial charge in [-0.1, -0.05) is 54.1 Å². The first kappa shape index (κ1) is 20.0. The van der Waals surface area contributed by atoms with Crippen molar-refractivity contribution in [3.05, 3.63) is 103 Å². The van der Waals surface area contributed by atoms with Gasteiger partial charge in [0.15, 0.2) is 0 Å². The van der Waals surface area contributed by atoms with Crippen molar-refractivity contribution >= 4 is 17.7 Å². The Morgan fingerprint density at radius 1 is 1.03 bits per heavy atom. The standard InChI is InChI=1S/C22H20ClN3O4/c23-17-8-6-15(7-9-17)12-26-20(27)18-13-25(11-10-19(18)24-21(26)28)22(29)30-14-16-4-2-1-3-5-16/h1-9H,10-14H2,(H,24,28). The van der Waals surface area contributed by atoms with E-state index in [1.54, 1.807) is 24.3 Å². The lowest BCUT2D eigenvalue weighted by Crippen LogP contribution is -2.45. The van der Waals surface area contributed by atoms with Crippen LogP contribution in [0.2, 0.25) is 5.02 Å². The number of nitrogens with one attached hydrogen (secondary N) is 1. The zero-order chi connectivity index (χ0) is 21.1. The topological polar surface area (TPSA) is 84.4 Å². The molecule has 1 amide bonds. The summed E-state index contributed by atoms with van der Waals surface area (Å²) < 4.78 is 6.52. The van der Waals surface area contributed by atoms with Crippen molar-refractivity contribution in [1.29, 1.82) is 0 Å². The molecule has 1 N–H and O–H groups in total. The van der Waals surface area contributed by atoms with Gasteiger partial charge in [-0.15, -0.1) is 0 Å². The molecule has 7 nitrogen and oxygen atoms in total. The molecule has 4 rings (SSSR count). The zero-order valence-corrected chi connectivity index (χ0v) is 16.9. The molecule has 1 aliphatic rings. The summed E-state index contributed by atoms with van der Waals surface area (Å²) in [7, 11) is 0. The number of fused-ring (bicyclic) bond motifs is 1. The van der Waals surface area contributed by atoms with E-state index >= 15 is 0 Å². The van der Waals surface area contributed by atoms with Gasteiger partial charge in [0.2, 0.25) is 0 Å². The van der Waals surface area contributed by atoms with Gasteiger partial charge in [0.25, 0.3) is 5.56 Å². The number of hydrogen-bond acceptors (Lipinski definition) is 4. The number of hydrogen-bond donors (Lipinski definition) is 1. The molecule has 0 fully saturated rings. The van der Waals surface area contributed by atoms with Crippen LogP contribution in [0.25, 0.3) is 0 Å². The largest absolute Gasteiger partial charge is 0.445 e. The SMILES string of the molecule is O=C(OCc1ccccc1)N1CCc2[nH]c(=O)n(Cc3ccc(Cl)cc3)c(=O)c2C1. The van der Waals surface area contributed by atoms with Crippen LogP contribution in [0, 0.1) is 0 Å². The van der Waals surface area contributed by atoms with Crippen LogP contribution in [0.3, 0.4) is 0 Å². The summed E-state index contributed by atoms with van der Waals surface area (Å²) in [5, 5.41) is 0.579. The highest BCUT2D eigenvalue weighted by atomic mass is 35.5. The maximum absolute atomic E-state index is 13.0. The fourth-order valence-corrected chi connectivity index (χ4v) is 3.56. The molecule has 0 saturated carbocycles. The van der Waals surface area contributed by atoms with Crippen molar-refractivity contribution in [3.63, 3.8) is 0 Å². The molecule has 3 aromatic rings. The van der Waals surface area contributed by atoms with Gasteiger partial charge in [0.05, 0.1) is 18.7 Å². The quantitative estimate of drug-likeness (QED) is 0.696. The normalized spacial score (nSPS) is 13.0. The van der Waals surface area contributed by atoms with E-state index in [-0.39, 0.29) is 19.7 Å². The zero-order valence-electron chi connectivity index (χ0n) is 16.1. The van der Waals surface area contributed by atoms with Crippen LogP contribution in [-0.2, 0) is 30.9 Å². The maximum Gasteiger partial charge on any atom is 0.410 e. The maximum atomic E-state index is 13.0. The number of nitrogens with zero attached hydrogens (tertiary/aromatic N) is 2. The smallest absolute Gasteiger partial charge is 0.410 e. The Morgan fingerprint density at radius 2 is 1.77 bits per heavy atom. The summed E-state index contributed by atoms with van der Waals surface area (Å²) in [5.74, 6) is 0. The number of aromatic nitrogens is 2. The molecule has 1 aliphatic heterocycles. The molecule has 8 heteroatoms. The fourth-order valence-electron chi connectivity index (χ4n) is 3.43. The number of ether oxygens (including phenoxy) is 1. The molecule has 0 aliphatic carbocycles. The first-order chi connectivity index (χ1) is 14.5. The van der Waals surface area contributed by atoms with Crippen molar-refractivity contribution in [2.45, 2.75) is 26.1 Å². The third-order valence-electron chi connectivity index (χ3n) is 5.07. The molecule has 2 aromatic carbocycles. The van der Waals surface area contributed by atoms with Crippen molar-refractivity contribution in [2.24, 2.45) is 0 Å².